The average Bonchev–Trinajstić information content (AvgIpc) is 3.04. The minimum absolute atomic E-state index is 0.812. The normalized spacial score (nSPS) is 30.5. The second-order valence-corrected chi connectivity index (χ2v) is 8.09. The molecule has 2 heterocycles. The highest BCUT2D eigenvalue weighted by molar-refractivity contribution is 5.22. The third-order valence-corrected chi connectivity index (χ3v) is 6.51. The Kier molecular flexibility index (Phi) is 4.73. The van der Waals surface area contributed by atoms with Gasteiger partial charge in [0.15, 0.2) is 0 Å². The van der Waals surface area contributed by atoms with Crippen LogP contribution in [-0.4, -0.2) is 41.5 Å². The van der Waals surface area contributed by atoms with Gasteiger partial charge >= 0.3 is 0 Å². The lowest BCUT2D eigenvalue weighted by molar-refractivity contribution is -0.00380. The van der Waals surface area contributed by atoms with Gasteiger partial charge in [-0.05, 0) is 50.6 Å². The van der Waals surface area contributed by atoms with Gasteiger partial charge < -0.3 is 0 Å². The van der Waals surface area contributed by atoms with E-state index in [-0.39, 0.29) is 0 Å². The fraction of sp³-hybridized carbons (Fsp3) is 0.714. The number of rotatable bonds is 3. The van der Waals surface area contributed by atoms with E-state index in [1.807, 2.05) is 0 Å². The Morgan fingerprint density at radius 2 is 1.83 bits per heavy atom. The van der Waals surface area contributed by atoms with E-state index in [1.165, 1.54) is 75.7 Å². The highest BCUT2D eigenvalue weighted by Crippen LogP contribution is 2.38. The van der Waals surface area contributed by atoms with E-state index in [1.54, 1.807) is 0 Å². The molecule has 0 spiro atoms. The highest BCUT2D eigenvalue weighted by atomic mass is 15.3. The number of benzene rings is 1. The summed E-state index contributed by atoms with van der Waals surface area (Å²) < 4.78 is 0. The van der Waals surface area contributed by atoms with Crippen molar-refractivity contribution in [1.82, 2.24) is 9.80 Å². The molecule has 2 heteroatoms. The van der Waals surface area contributed by atoms with E-state index in [2.05, 4.69) is 41.0 Å². The zero-order valence-electron chi connectivity index (χ0n) is 14.7. The predicted molar refractivity (Wildman–Crippen MR) is 96.5 cm³/mol. The van der Waals surface area contributed by atoms with Crippen LogP contribution in [0.15, 0.2) is 24.3 Å². The van der Waals surface area contributed by atoms with E-state index in [0.717, 1.165) is 24.5 Å². The molecule has 1 aromatic carbocycles. The van der Waals surface area contributed by atoms with Crippen LogP contribution in [0, 0.1) is 12.8 Å². The Bertz CT molecular complexity index is 520. The Morgan fingerprint density at radius 3 is 2.65 bits per heavy atom. The lowest BCUT2D eigenvalue weighted by atomic mass is 9.78. The third kappa shape index (κ3) is 3.34. The largest absolute Gasteiger partial charge is 0.298 e. The maximum atomic E-state index is 2.86. The van der Waals surface area contributed by atoms with E-state index < -0.39 is 0 Å². The van der Waals surface area contributed by atoms with Crippen LogP contribution in [0.3, 0.4) is 0 Å². The van der Waals surface area contributed by atoms with Crippen LogP contribution in [-0.2, 0) is 6.54 Å². The fourth-order valence-corrected chi connectivity index (χ4v) is 5.48. The number of piperazine rings is 1. The Balaban J connectivity index is 1.55. The summed E-state index contributed by atoms with van der Waals surface area (Å²) in [7, 11) is 0. The van der Waals surface area contributed by atoms with Gasteiger partial charge in [-0.3, -0.25) is 9.80 Å². The van der Waals surface area contributed by atoms with Crippen LogP contribution in [0.5, 0.6) is 0 Å². The van der Waals surface area contributed by atoms with E-state index in [4.69, 9.17) is 0 Å². The Morgan fingerprint density at radius 1 is 0.957 bits per heavy atom. The number of hydrogen-bond acceptors (Lipinski definition) is 2. The second kappa shape index (κ2) is 6.94. The van der Waals surface area contributed by atoms with E-state index >= 15 is 0 Å². The van der Waals surface area contributed by atoms with Crippen molar-refractivity contribution in [2.75, 3.05) is 19.6 Å². The smallest absolute Gasteiger partial charge is 0.0283 e. The van der Waals surface area contributed by atoms with Gasteiger partial charge in [0.25, 0.3) is 0 Å². The highest BCUT2D eigenvalue weighted by Gasteiger charge is 2.42. The number of fused-ring (bicyclic) bond motifs is 1. The molecule has 0 bridgehead atoms. The molecule has 1 aliphatic carbocycles. The van der Waals surface area contributed by atoms with Gasteiger partial charge in [-0.25, -0.2) is 0 Å². The SMILES string of the molecule is Cc1cccc(CN2CCN3CCC[C@H]3[C@@H]2C2CCCCC2)c1. The zero-order chi connectivity index (χ0) is 15.6. The molecular formula is C21H32N2. The molecule has 1 aromatic rings. The van der Waals surface area contributed by atoms with Crippen LogP contribution < -0.4 is 0 Å². The quantitative estimate of drug-likeness (QED) is 0.824. The van der Waals surface area contributed by atoms with Crippen molar-refractivity contribution in [2.45, 2.75) is 70.5 Å². The summed E-state index contributed by atoms with van der Waals surface area (Å²) in [6, 6.07) is 10.8. The Labute approximate surface area is 141 Å². The maximum absolute atomic E-state index is 2.86. The molecule has 2 nitrogen and oxygen atoms in total. The summed E-state index contributed by atoms with van der Waals surface area (Å²) in [6.07, 6.45) is 10.2. The predicted octanol–water partition coefficient (Wildman–Crippen LogP) is 4.22. The lowest BCUT2D eigenvalue weighted by Crippen LogP contribution is -2.59. The fourth-order valence-electron chi connectivity index (χ4n) is 5.48. The molecule has 1 saturated carbocycles. The minimum Gasteiger partial charge on any atom is -0.298 e. The molecule has 0 amide bonds. The zero-order valence-corrected chi connectivity index (χ0v) is 14.7. The summed E-state index contributed by atoms with van der Waals surface area (Å²) in [5.41, 5.74) is 2.91. The van der Waals surface area contributed by atoms with Crippen molar-refractivity contribution >= 4 is 0 Å². The maximum Gasteiger partial charge on any atom is 0.0283 e. The van der Waals surface area contributed by atoms with Gasteiger partial charge in [-0.1, -0.05) is 49.1 Å². The van der Waals surface area contributed by atoms with E-state index in [0.29, 0.717) is 0 Å². The van der Waals surface area contributed by atoms with Crippen molar-refractivity contribution in [3.63, 3.8) is 0 Å². The summed E-state index contributed by atoms with van der Waals surface area (Å²) in [6.45, 7) is 7.29. The molecule has 0 unspecified atom stereocenters. The van der Waals surface area contributed by atoms with Crippen molar-refractivity contribution in [3.8, 4) is 0 Å². The first-order valence-corrected chi connectivity index (χ1v) is 9.85. The molecule has 0 aromatic heterocycles. The minimum atomic E-state index is 0.812. The van der Waals surface area contributed by atoms with Gasteiger partial charge in [-0.15, -0.1) is 0 Å². The van der Waals surface area contributed by atoms with Crippen molar-refractivity contribution in [1.29, 1.82) is 0 Å². The monoisotopic (exact) mass is 312 g/mol. The second-order valence-electron chi connectivity index (χ2n) is 8.09. The molecule has 23 heavy (non-hydrogen) atoms. The molecule has 126 valence electrons. The van der Waals surface area contributed by atoms with Crippen LogP contribution >= 0.6 is 0 Å². The molecule has 3 aliphatic rings. The van der Waals surface area contributed by atoms with Gasteiger partial charge in [0.2, 0.25) is 0 Å². The van der Waals surface area contributed by atoms with Crippen LogP contribution in [0.1, 0.15) is 56.1 Å². The molecule has 2 aliphatic heterocycles. The van der Waals surface area contributed by atoms with Crippen LogP contribution in [0.25, 0.3) is 0 Å². The van der Waals surface area contributed by atoms with Crippen LogP contribution in [0.2, 0.25) is 0 Å². The molecule has 0 radical (unpaired) electrons. The molecule has 4 rings (SSSR count). The first-order valence-electron chi connectivity index (χ1n) is 9.85. The average molecular weight is 313 g/mol. The topological polar surface area (TPSA) is 6.48 Å². The van der Waals surface area contributed by atoms with Gasteiger partial charge in [0, 0.05) is 31.7 Å². The lowest BCUT2D eigenvalue weighted by Gasteiger charge is -2.49. The number of nitrogens with zero attached hydrogens (tertiary/aromatic N) is 2. The summed E-state index contributed by atoms with van der Waals surface area (Å²) in [4.78, 5) is 5.67. The molecule has 3 fully saturated rings. The first-order chi connectivity index (χ1) is 11.3. The Hall–Kier alpha value is -0.860. The summed E-state index contributed by atoms with van der Waals surface area (Å²) >= 11 is 0. The van der Waals surface area contributed by atoms with Gasteiger partial charge in [0.05, 0.1) is 0 Å². The number of aryl methyl sites for hydroxylation is 1. The standard InChI is InChI=1S/C21H32N2/c1-17-7-5-8-18(15-17)16-23-14-13-22-12-6-11-20(22)21(23)19-9-3-2-4-10-19/h5,7-8,15,19-21H,2-4,6,9-14,16H2,1H3/t20-,21-/m0/s1. The summed E-state index contributed by atoms with van der Waals surface area (Å²) in [5, 5.41) is 0. The van der Waals surface area contributed by atoms with E-state index in [9.17, 15) is 0 Å². The van der Waals surface area contributed by atoms with Crippen molar-refractivity contribution in [3.05, 3.63) is 35.4 Å². The summed E-state index contributed by atoms with van der Waals surface area (Å²) in [5.74, 6) is 0.944. The number of hydrogen-bond donors (Lipinski definition) is 0. The van der Waals surface area contributed by atoms with Crippen LogP contribution in [0.4, 0.5) is 0 Å². The van der Waals surface area contributed by atoms with Gasteiger partial charge in [-0.2, -0.15) is 0 Å². The first kappa shape index (κ1) is 15.7. The molecule has 0 N–H and O–H groups in total. The molecular weight excluding hydrogens is 280 g/mol. The van der Waals surface area contributed by atoms with Gasteiger partial charge in [0.1, 0.15) is 0 Å². The molecule has 2 atom stereocenters. The molecule has 2 saturated heterocycles. The van der Waals surface area contributed by atoms with Crippen molar-refractivity contribution in [2.24, 2.45) is 5.92 Å². The third-order valence-electron chi connectivity index (χ3n) is 6.51. The van der Waals surface area contributed by atoms with Crippen molar-refractivity contribution < 1.29 is 0 Å².